The summed E-state index contributed by atoms with van der Waals surface area (Å²) in [7, 11) is 0. The molecule has 0 bridgehead atoms. The normalized spacial score (nSPS) is 31.4. The van der Waals surface area contributed by atoms with Crippen LogP contribution in [0, 0.1) is 5.92 Å². The number of nitrogens with two attached hydrogens (primary N) is 1. The molecule has 2 unspecified atom stereocenters. The molecule has 4 N–H and O–H groups in total. The summed E-state index contributed by atoms with van der Waals surface area (Å²) in [6, 6.07) is 6.97. The van der Waals surface area contributed by atoms with E-state index in [-0.39, 0.29) is 5.56 Å². The molecule has 1 aromatic heterocycles. The molecule has 1 aliphatic heterocycles. The van der Waals surface area contributed by atoms with Crippen LogP contribution in [0.2, 0.25) is 5.02 Å². The Morgan fingerprint density at radius 3 is 2.73 bits per heavy atom. The smallest absolute Gasteiger partial charge is 0.255 e. The highest BCUT2D eigenvalue weighted by Gasteiger charge is 2.44. The summed E-state index contributed by atoms with van der Waals surface area (Å²) < 4.78 is 0. The van der Waals surface area contributed by atoms with Gasteiger partial charge in [0.1, 0.15) is 0 Å². The van der Waals surface area contributed by atoms with Gasteiger partial charge in [-0.05, 0) is 60.7 Å². The van der Waals surface area contributed by atoms with Gasteiger partial charge in [-0.1, -0.05) is 11.6 Å². The molecule has 0 spiro atoms. The molecular weight excluding hydrogens is 298 g/mol. The Labute approximate surface area is 134 Å². The number of H-pyrrole nitrogens is 1. The van der Waals surface area contributed by atoms with E-state index in [4.69, 9.17) is 17.3 Å². The van der Waals surface area contributed by atoms with E-state index in [1.54, 1.807) is 12.3 Å². The topological polar surface area (TPSA) is 80.8 Å². The van der Waals surface area contributed by atoms with Crippen LogP contribution in [0.25, 0.3) is 10.8 Å². The molecule has 1 saturated heterocycles. The molecule has 2 heterocycles. The van der Waals surface area contributed by atoms with E-state index < -0.39 is 0 Å². The molecule has 22 heavy (non-hydrogen) atoms. The third-order valence-electron chi connectivity index (χ3n) is 5.17. The Bertz CT molecular complexity index is 764. The number of fused-ring (bicyclic) bond motifs is 1. The van der Waals surface area contributed by atoms with Crippen LogP contribution in [0.4, 0.5) is 0 Å². The van der Waals surface area contributed by atoms with Crippen molar-refractivity contribution in [3.63, 3.8) is 0 Å². The van der Waals surface area contributed by atoms with Crippen LogP contribution in [-0.4, -0.2) is 17.1 Å². The highest BCUT2D eigenvalue weighted by atomic mass is 35.5. The molecule has 2 aromatic rings. The van der Waals surface area contributed by atoms with Gasteiger partial charge in [-0.3, -0.25) is 4.79 Å². The molecule has 0 amide bonds. The van der Waals surface area contributed by atoms with Crippen molar-refractivity contribution in [1.82, 2.24) is 10.3 Å². The predicted octanol–water partition coefficient (Wildman–Crippen LogP) is 2.71. The lowest BCUT2D eigenvalue weighted by Crippen LogP contribution is -2.29. The number of hydrogen-bond acceptors (Lipinski definition) is 3. The van der Waals surface area contributed by atoms with Crippen LogP contribution in [0.3, 0.4) is 0 Å². The summed E-state index contributed by atoms with van der Waals surface area (Å²) >= 11 is 6.42. The molecular formula is C17H20ClN3O. The Morgan fingerprint density at radius 1 is 1.18 bits per heavy atom. The van der Waals surface area contributed by atoms with Crippen molar-refractivity contribution < 1.29 is 0 Å². The summed E-state index contributed by atoms with van der Waals surface area (Å²) in [6.45, 7) is 0. The Balaban J connectivity index is 1.60. The lowest BCUT2D eigenvalue weighted by atomic mass is 9.82. The van der Waals surface area contributed by atoms with Crippen molar-refractivity contribution in [2.24, 2.45) is 11.7 Å². The van der Waals surface area contributed by atoms with Crippen LogP contribution in [0.1, 0.15) is 37.3 Å². The van der Waals surface area contributed by atoms with Gasteiger partial charge in [0.25, 0.3) is 5.56 Å². The van der Waals surface area contributed by atoms with Crippen LogP contribution in [-0.2, 0) is 0 Å². The largest absolute Gasteiger partial charge is 0.329 e. The first-order valence-corrected chi connectivity index (χ1v) is 8.34. The maximum Gasteiger partial charge on any atom is 0.255 e. The second-order valence-electron chi connectivity index (χ2n) is 6.61. The molecule has 0 radical (unpaired) electrons. The monoisotopic (exact) mass is 317 g/mol. The van der Waals surface area contributed by atoms with Gasteiger partial charge in [0.05, 0.1) is 0 Å². The number of rotatable bonds is 2. The fourth-order valence-electron chi connectivity index (χ4n) is 3.81. The number of benzene rings is 1. The summed E-state index contributed by atoms with van der Waals surface area (Å²) in [5.41, 5.74) is 7.01. The van der Waals surface area contributed by atoms with Gasteiger partial charge in [0.15, 0.2) is 0 Å². The van der Waals surface area contributed by atoms with Gasteiger partial charge >= 0.3 is 0 Å². The average Bonchev–Trinajstić information content (AvgIpc) is 3.29. The van der Waals surface area contributed by atoms with E-state index in [1.807, 2.05) is 6.07 Å². The van der Waals surface area contributed by atoms with Crippen molar-refractivity contribution in [3.8, 4) is 0 Å². The van der Waals surface area contributed by atoms with Crippen molar-refractivity contribution in [1.29, 1.82) is 0 Å². The maximum atomic E-state index is 11.8. The SMILES string of the molecule is NC1CCC(C2NC2c2cc3cc[nH]c(=O)c3cc2Cl)CC1. The summed E-state index contributed by atoms with van der Waals surface area (Å²) in [5.74, 6) is 0.690. The van der Waals surface area contributed by atoms with Crippen molar-refractivity contribution in [2.45, 2.75) is 43.8 Å². The number of hydrogen-bond donors (Lipinski definition) is 3. The third-order valence-corrected chi connectivity index (χ3v) is 5.50. The minimum atomic E-state index is -0.0903. The van der Waals surface area contributed by atoms with E-state index in [1.165, 1.54) is 12.8 Å². The molecule has 1 aromatic carbocycles. The maximum absolute atomic E-state index is 11.8. The summed E-state index contributed by atoms with van der Waals surface area (Å²) in [5, 5.41) is 5.85. The first kappa shape index (κ1) is 14.2. The van der Waals surface area contributed by atoms with E-state index >= 15 is 0 Å². The molecule has 2 atom stereocenters. The van der Waals surface area contributed by atoms with Crippen LogP contribution < -0.4 is 16.6 Å². The predicted molar refractivity (Wildman–Crippen MR) is 89.2 cm³/mol. The number of nitrogens with one attached hydrogen (secondary N) is 2. The van der Waals surface area contributed by atoms with E-state index in [9.17, 15) is 4.79 Å². The molecule has 4 nitrogen and oxygen atoms in total. The highest BCUT2D eigenvalue weighted by Crippen LogP contribution is 2.43. The zero-order valence-electron chi connectivity index (χ0n) is 12.3. The van der Waals surface area contributed by atoms with Crippen LogP contribution in [0.15, 0.2) is 29.2 Å². The first-order valence-electron chi connectivity index (χ1n) is 7.96. The quantitative estimate of drug-likeness (QED) is 0.745. The van der Waals surface area contributed by atoms with E-state index in [0.29, 0.717) is 34.5 Å². The van der Waals surface area contributed by atoms with E-state index in [0.717, 1.165) is 23.8 Å². The first-order chi connectivity index (χ1) is 10.6. The number of aromatic amines is 1. The standard InChI is InChI=1S/C17H20ClN3O/c18-14-8-12-10(5-6-20-17(12)22)7-13(14)16-15(21-16)9-1-3-11(19)4-2-9/h5-9,11,15-16,21H,1-4,19H2,(H,20,22). The number of pyridine rings is 1. The lowest BCUT2D eigenvalue weighted by molar-refractivity contribution is 0.318. The van der Waals surface area contributed by atoms with Gasteiger partial charge in [-0.25, -0.2) is 0 Å². The highest BCUT2D eigenvalue weighted by molar-refractivity contribution is 6.32. The molecule has 1 aliphatic carbocycles. The van der Waals surface area contributed by atoms with Crippen LogP contribution >= 0.6 is 11.6 Å². The summed E-state index contributed by atoms with van der Waals surface area (Å²) in [4.78, 5) is 14.5. The number of aromatic nitrogens is 1. The lowest BCUT2D eigenvalue weighted by Gasteiger charge is -2.25. The zero-order chi connectivity index (χ0) is 15.3. The van der Waals surface area contributed by atoms with Crippen molar-refractivity contribution in [2.75, 3.05) is 0 Å². The van der Waals surface area contributed by atoms with Crippen LogP contribution in [0.5, 0.6) is 0 Å². The Hall–Kier alpha value is -1.36. The summed E-state index contributed by atoms with van der Waals surface area (Å²) in [6.07, 6.45) is 6.32. The fourth-order valence-corrected chi connectivity index (χ4v) is 4.09. The second kappa shape index (κ2) is 5.37. The molecule has 116 valence electrons. The molecule has 2 fully saturated rings. The van der Waals surface area contributed by atoms with Crippen molar-refractivity contribution in [3.05, 3.63) is 45.3 Å². The second-order valence-corrected chi connectivity index (χ2v) is 7.02. The zero-order valence-corrected chi connectivity index (χ0v) is 13.1. The molecule has 1 saturated carbocycles. The fraction of sp³-hybridized carbons (Fsp3) is 0.471. The van der Waals surface area contributed by atoms with Gasteiger partial charge in [0, 0.05) is 34.7 Å². The van der Waals surface area contributed by atoms with Gasteiger partial charge in [0.2, 0.25) is 0 Å². The Morgan fingerprint density at radius 2 is 1.95 bits per heavy atom. The third kappa shape index (κ3) is 2.45. The van der Waals surface area contributed by atoms with Gasteiger partial charge < -0.3 is 16.0 Å². The minimum Gasteiger partial charge on any atom is -0.329 e. The Kier molecular flexibility index (Phi) is 3.48. The van der Waals surface area contributed by atoms with Gasteiger partial charge in [-0.15, -0.1) is 0 Å². The molecule has 2 aliphatic rings. The van der Waals surface area contributed by atoms with Crippen molar-refractivity contribution >= 4 is 22.4 Å². The van der Waals surface area contributed by atoms with E-state index in [2.05, 4.69) is 16.4 Å². The minimum absolute atomic E-state index is 0.0903. The van der Waals surface area contributed by atoms with Gasteiger partial charge in [-0.2, -0.15) is 0 Å². The molecule has 4 rings (SSSR count). The average molecular weight is 318 g/mol. The molecule has 5 heteroatoms. The number of halogens is 1.